The Labute approximate surface area is 54.3 Å². The zero-order valence-electron chi connectivity index (χ0n) is 5.45. The predicted molar refractivity (Wildman–Crippen MR) is 35.6 cm³/mol. The van der Waals surface area contributed by atoms with Crippen LogP contribution in [0.3, 0.4) is 0 Å². The fourth-order valence-corrected chi connectivity index (χ4v) is 0.809. The van der Waals surface area contributed by atoms with Crippen molar-refractivity contribution in [2.24, 2.45) is 0 Å². The van der Waals surface area contributed by atoms with Crippen LogP contribution in [0.5, 0.6) is 0 Å². The van der Waals surface area contributed by atoms with Crippen LogP contribution in [0.25, 0.3) is 0 Å². The lowest BCUT2D eigenvalue weighted by molar-refractivity contribution is 0.542. The Morgan fingerprint density at radius 2 is 2.56 bits per heavy atom. The smallest absolute Gasteiger partial charge is 0.190 e. The molecule has 0 radical (unpaired) electrons. The lowest BCUT2D eigenvalue weighted by atomic mass is 10.2. The first-order valence-corrected chi connectivity index (χ1v) is 3.13. The molecule has 1 aliphatic heterocycles. The van der Waals surface area contributed by atoms with E-state index in [4.69, 9.17) is 0 Å². The Morgan fingerprint density at radius 3 is 3.00 bits per heavy atom. The number of dihydropyridines is 1. The number of halogens is 1. The van der Waals surface area contributed by atoms with Crippen LogP contribution in [0.1, 0.15) is 13.3 Å². The molecule has 0 spiro atoms. The summed E-state index contributed by atoms with van der Waals surface area (Å²) in [4.78, 5) is 0. The van der Waals surface area contributed by atoms with Gasteiger partial charge in [0, 0.05) is 12.1 Å². The molecule has 0 fully saturated rings. The Hall–Kier alpha value is -0.790. The van der Waals surface area contributed by atoms with Gasteiger partial charge >= 0.3 is 0 Å². The van der Waals surface area contributed by atoms with Gasteiger partial charge in [-0.1, -0.05) is 19.1 Å². The molecule has 0 aliphatic carbocycles. The minimum Gasteiger partial charge on any atom is -0.358 e. The van der Waals surface area contributed by atoms with Gasteiger partial charge in [-0.05, 0) is 6.42 Å². The van der Waals surface area contributed by atoms with E-state index in [1.54, 1.807) is 0 Å². The van der Waals surface area contributed by atoms with Gasteiger partial charge in [0.05, 0.1) is 0 Å². The lowest BCUT2D eigenvalue weighted by Gasteiger charge is -2.08. The van der Waals surface area contributed by atoms with Gasteiger partial charge in [0.25, 0.3) is 0 Å². The van der Waals surface area contributed by atoms with Crippen molar-refractivity contribution >= 4 is 0 Å². The second kappa shape index (κ2) is 2.67. The van der Waals surface area contributed by atoms with Crippen LogP contribution in [-0.4, -0.2) is 6.54 Å². The Bertz CT molecular complexity index is 158. The van der Waals surface area contributed by atoms with Crippen molar-refractivity contribution in [3.05, 3.63) is 23.7 Å². The third-order valence-corrected chi connectivity index (χ3v) is 1.36. The number of hydrogen-bond acceptors (Lipinski definition) is 1. The van der Waals surface area contributed by atoms with Crippen molar-refractivity contribution in [3.8, 4) is 0 Å². The first-order chi connectivity index (χ1) is 4.34. The molecular formula is C7H10FN. The molecule has 0 aromatic heterocycles. The Balaban J connectivity index is 2.72. The van der Waals surface area contributed by atoms with Gasteiger partial charge in [-0.3, -0.25) is 0 Å². The molecule has 9 heavy (non-hydrogen) atoms. The highest BCUT2D eigenvalue weighted by atomic mass is 19.1. The second-order valence-electron chi connectivity index (χ2n) is 1.98. The van der Waals surface area contributed by atoms with E-state index in [1.807, 2.05) is 19.1 Å². The highest BCUT2D eigenvalue weighted by Gasteiger charge is 2.02. The molecule has 50 valence electrons. The number of hydrogen-bond donors (Lipinski definition) is 1. The van der Waals surface area contributed by atoms with Gasteiger partial charge in [0.15, 0.2) is 5.95 Å². The van der Waals surface area contributed by atoms with Crippen LogP contribution in [-0.2, 0) is 0 Å². The third kappa shape index (κ3) is 1.31. The van der Waals surface area contributed by atoms with E-state index in [0.29, 0.717) is 6.54 Å². The van der Waals surface area contributed by atoms with Gasteiger partial charge in [-0.2, -0.15) is 4.39 Å². The summed E-state index contributed by atoms with van der Waals surface area (Å²) < 4.78 is 12.6. The minimum absolute atomic E-state index is 0.167. The van der Waals surface area contributed by atoms with Gasteiger partial charge < -0.3 is 5.32 Å². The summed E-state index contributed by atoms with van der Waals surface area (Å²) >= 11 is 0. The van der Waals surface area contributed by atoms with Crippen molar-refractivity contribution in [3.63, 3.8) is 0 Å². The summed E-state index contributed by atoms with van der Waals surface area (Å²) in [5.74, 6) is -0.167. The molecule has 0 aromatic carbocycles. The molecule has 0 saturated carbocycles. The molecule has 0 atom stereocenters. The van der Waals surface area contributed by atoms with E-state index < -0.39 is 0 Å². The van der Waals surface area contributed by atoms with Crippen LogP contribution in [0.2, 0.25) is 0 Å². The average molecular weight is 127 g/mol. The summed E-state index contributed by atoms with van der Waals surface area (Å²) in [6.45, 7) is 2.56. The fourth-order valence-electron chi connectivity index (χ4n) is 0.809. The SMILES string of the molecule is CCC1=C(F)NCC=C1. The minimum atomic E-state index is -0.167. The lowest BCUT2D eigenvalue weighted by Crippen LogP contribution is -2.14. The molecule has 0 aromatic rings. The molecule has 1 N–H and O–H groups in total. The molecule has 1 rings (SSSR count). The molecule has 1 heterocycles. The van der Waals surface area contributed by atoms with Crippen molar-refractivity contribution in [1.82, 2.24) is 5.32 Å². The van der Waals surface area contributed by atoms with E-state index in [1.165, 1.54) is 0 Å². The first-order valence-electron chi connectivity index (χ1n) is 3.13. The van der Waals surface area contributed by atoms with Crippen LogP contribution in [0.4, 0.5) is 4.39 Å². The van der Waals surface area contributed by atoms with Crippen LogP contribution in [0.15, 0.2) is 23.7 Å². The van der Waals surface area contributed by atoms with E-state index in [-0.39, 0.29) is 5.95 Å². The highest BCUT2D eigenvalue weighted by molar-refractivity contribution is 5.24. The predicted octanol–water partition coefficient (Wildman–Crippen LogP) is 1.74. The Kier molecular flexibility index (Phi) is 1.88. The fraction of sp³-hybridized carbons (Fsp3) is 0.429. The van der Waals surface area contributed by atoms with Crippen molar-refractivity contribution in [2.75, 3.05) is 6.54 Å². The molecule has 0 amide bonds. The normalized spacial score (nSPS) is 18.0. The van der Waals surface area contributed by atoms with Crippen LogP contribution in [0, 0.1) is 0 Å². The largest absolute Gasteiger partial charge is 0.358 e. The number of nitrogens with one attached hydrogen (secondary N) is 1. The average Bonchev–Trinajstić information content (AvgIpc) is 1.89. The van der Waals surface area contributed by atoms with Gasteiger partial charge in [-0.25, -0.2) is 0 Å². The summed E-state index contributed by atoms with van der Waals surface area (Å²) in [5.41, 5.74) is 0.765. The van der Waals surface area contributed by atoms with Crippen molar-refractivity contribution < 1.29 is 4.39 Å². The van der Waals surface area contributed by atoms with Gasteiger partial charge in [-0.15, -0.1) is 0 Å². The maximum absolute atomic E-state index is 12.6. The number of rotatable bonds is 1. The maximum atomic E-state index is 12.6. The van der Waals surface area contributed by atoms with Crippen LogP contribution < -0.4 is 5.32 Å². The first kappa shape index (κ1) is 6.33. The van der Waals surface area contributed by atoms with Crippen molar-refractivity contribution in [2.45, 2.75) is 13.3 Å². The highest BCUT2D eigenvalue weighted by Crippen LogP contribution is 2.11. The molecule has 1 aliphatic rings. The molecule has 0 saturated heterocycles. The zero-order chi connectivity index (χ0) is 6.69. The quantitative estimate of drug-likeness (QED) is 0.529. The zero-order valence-corrected chi connectivity index (χ0v) is 5.45. The van der Waals surface area contributed by atoms with Crippen molar-refractivity contribution in [1.29, 1.82) is 0 Å². The summed E-state index contributed by atoms with van der Waals surface area (Å²) in [5, 5.41) is 2.61. The monoisotopic (exact) mass is 127 g/mol. The summed E-state index contributed by atoms with van der Waals surface area (Å²) in [6.07, 6.45) is 4.50. The molecule has 0 bridgehead atoms. The third-order valence-electron chi connectivity index (χ3n) is 1.36. The van der Waals surface area contributed by atoms with Gasteiger partial charge in [0.2, 0.25) is 0 Å². The molecule has 2 heteroatoms. The molecular weight excluding hydrogens is 117 g/mol. The molecule has 1 nitrogen and oxygen atoms in total. The van der Waals surface area contributed by atoms with Gasteiger partial charge in [0.1, 0.15) is 0 Å². The summed E-state index contributed by atoms with van der Waals surface area (Å²) in [7, 11) is 0. The van der Waals surface area contributed by atoms with Crippen LogP contribution >= 0.6 is 0 Å². The van der Waals surface area contributed by atoms with E-state index in [9.17, 15) is 4.39 Å². The molecule has 0 unspecified atom stereocenters. The Morgan fingerprint density at radius 1 is 1.78 bits per heavy atom. The topological polar surface area (TPSA) is 12.0 Å². The van der Waals surface area contributed by atoms with E-state index in [2.05, 4.69) is 5.32 Å². The summed E-state index contributed by atoms with van der Waals surface area (Å²) in [6, 6.07) is 0. The standard InChI is InChI=1S/C7H10FN/c1-2-6-4-3-5-9-7(6)8/h3-4,9H,2,5H2,1H3. The number of allylic oxidation sites excluding steroid dienone is 2. The van der Waals surface area contributed by atoms with E-state index >= 15 is 0 Å². The van der Waals surface area contributed by atoms with E-state index in [0.717, 1.165) is 12.0 Å². The second-order valence-corrected chi connectivity index (χ2v) is 1.98. The maximum Gasteiger partial charge on any atom is 0.190 e.